The van der Waals surface area contributed by atoms with E-state index in [9.17, 15) is 13.2 Å². The molecule has 0 saturated carbocycles. The third-order valence-electron chi connectivity index (χ3n) is 5.01. The first-order valence-electron chi connectivity index (χ1n) is 10.6. The first kappa shape index (κ1) is 24.0. The fourth-order valence-electron chi connectivity index (χ4n) is 3.59. The zero-order chi connectivity index (χ0) is 23.3. The van der Waals surface area contributed by atoms with Crippen LogP contribution in [0.15, 0.2) is 23.1 Å². The highest BCUT2D eigenvalue weighted by Crippen LogP contribution is 2.30. The molecular formula is C21H30N4O6S. The topological polar surface area (TPSA) is 112 Å². The molecule has 1 aliphatic rings. The summed E-state index contributed by atoms with van der Waals surface area (Å²) in [5, 5.41) is 7.14. The quantitative estimate of drug-likeness (QED) is 0.601. The third kappa shape index (κ3) is 5.22. The molecule has 1 N–H and O–H groups in total. The Balaban J connectivity index is 1.81. The van der Waals surface area contributed by atoms with Crippen LogP contribution in [0.1, 0.15) is 25.2 Å². The molecule has 1 aromatic heterocycles. The predicted octanol–water partition coefficient (Wildman–Crippen LogP) is 1.96. The maximum Gasteiger partial charge on any atom is 0.246 e. The molecule has 176 valence electrons. The Labute approximate surface area is 188 Å². The van der Waals surface area contributed by atoms with Crippen LogP contribution in [0.3, 0.4) is 0 Å². The number of aromatic nitrogens is 2. The molecule has 3 rings (SSSR count). The van der Waals surface area contributed by atoms with Crippen LogP contribution in [0.25, 0.3) is 0 Å². The number of morpholine rings is 1. The predicted molar refractivity (Wildman–Crippen MR) is 119 cm³/mol. The third-order valence-corrected chi connectivity index (χ3v) is 7.16. The average molecular weight is 467 g/mol. The lowest BCUT2D eigenvalue weighted by Crippen LogP contribution is -2.41. The average Bonchev–Trinajstić information content (AvgIpc) is 3.04. The number of ether oxygens (including phenoxy) is 3. The second-order valence-corrected chi connectivity index (χ2v) is 9.12. The van der Waals surface area contributed by atoms with E-state index in [1.165, 1.54) is 8.99 Å². The summed E-state index contributed by atoms with van der Waals surface area (Å²) in [6.45, 7) is 9.12. The Morgan fingerprint density at radius 3 is 2.50 bits per heavy atom. The van der Waals surface area contributed by atoms with Crippen LogP contribution in [0.4, 0.5) is 5.69 Å². The van der Waals surface area contributed by atoms with Crippen molar-refractivity contribution in [1.29, 1.82) is 0 Å². The molecule has 0 bridgehead atoms. The molecule has 0 unspecified atom stereocenters. The van der Waals surface area contributed by atoms with Crippen LogP contribution in [-0.4, -0.2) is 67.9 Å². The first-order chi connectivity index (χ1) is 15.3. The number of amides is 1. The van der Waals surface area contributed by atoms with E-state index >= 15 is 0 Å². The van der Waals surface area contributed by atoms with E-state index in [2.05, 4.69) is 10.4 Å². The molecule has 10 nitrogen and oxygen atoms in total. The Bertz CT molecular complexity index is 1060. The van der Waals surface area contributed by atoms with Crippen molar-refractivity contribution in [3.05, 3.63) is 29.6 Å². The number of aryl methyl sites for hydroxylation is 1. The summed E-state index contributed by atoms with van der Waals surface area (Å²) in [4.78, 5) is 12.9. The Morgan fingerprint density at radius 1 is 1.16 bits per heavy atom. The van der Waals surface area contributed by atoms with E-state index < -0.39 is 10.0 Å². The minimum Gasteiger partial charge on any atom is -0.494 e. The summed E-state index contributed by atoms with van der Waals surface area (Å²) in [5.41, 5.74) is 1.25. The van der Waals surface area contributed by atoms with Gasteiger partial charge in [-0.25, -0.2) is 8.42 Å². The van der Waals surface area contributed by atoms with Crippen molar-refractivity contribution in [3.63, 3.8) is 0 Å². The highest BCUT2D eigenvalue weighted by atomic mass is 32.2. The van der Waals surface area contributed by atoms with Gasteiger partial charge in [0.2, 0.25) is 15.9 Å². The zero-order valence-corrected chi connectivity index (χ0v) is 19.7. The van der Waals surface area contributed by atoms with Gasteiger partial charge in [0.25, 0.3) is 0 Å². The Kier molecular flexibility index (Phi) is 7.75. The summed E-state index contributed by atoms with van der Waals surface area (Å²) < 4.78 is 45.4. The van der Waals surface area contributed by atoms with Gasteiger partial charge in [-0.3, -0.25) is 9.48 Å². The lowest BCUT2D eigenvalue weighted by molar-refractivity contribution is -0.117. The number of carbonyl (C=O) groups is 1. The number of benzene rings is 1. The second-order valence-electron chi connectivity index (χ2n) is 7.25. The van der Waals surface area contributed by atoms with Gasteiger partial charge in [-0.15, -0.1) is 0 Å². The lowest BCUT2D eigenvalue weighted by atomic mass is 10.2. The Hall–Kier alpha value is -2.63. The molecule has 0 spiro atoms. The van der Waals surface area contributed by atoms with Crippen molar-refractivity contribution in [2.45, 2.75) is 39.1 Å². The molecule has 0 aliphatic carbocycles. The number of sulfonamides is 1. The van der Waals surface area contributed by atoms with Crippen molar-refractivity contribution in [1.82, 2.24) is 14.1 Å². The second kappa shape index (κ2) is 10.3. The molecule has 0 atom stereocenters. The van der Waals surface area contributed by atoms with Gasteiger partial charge in [0, 0.05) is 19.2 Å². The van der Waals surface area contributed by atoms with Crippen LogP contribution < -0.4 is 14.8 Å². The zero-order valence-electron chi connectivity index (χ0n) is 18.9. The number of anilines is 1. The fraction of sp³-hybridized carbons (Fsp3) is 0.524. The van der Waals surface area contributed by atoms with E-state index in [1.54, 1.807) is 32.0 Å². The number of hydrogen-bond donors (Lipinski definition) is 1. The number of carbonyl (C=O) groups excluding carboxylic acids is 1. The lowest BCUT2D eigenvalue weighted by Gasteiger charge is -2.26. The molecule has 1 saturated heterocycles. The summed E-state index contributed by atoms with van der Waals surface area (Å²) in [6, 6.07) is 5.20. The summed E-state index contributed by atoms with van der Waals surface area (Å²) in [7, 11) is -3.72. The van der Waals surface area contributed by atoms with Crippen LogP contribution in [0, 0.1) is 13.8 Å². The van der Waals surface area contributed by atoms with Crippen LogP contribution >= 0.6 is 0 Å². The minimum atomic E-state index is -3.72. The number of rotatable bonds is 9. The Morgan fingerprint density at radius 2 is 1.84 bits per heavy atom. The molecule has 1 fully saturated rings. The van der Waals surface area contributed by atoms with Crippen molar-refractivity contribution in [2.24, 2.45) is 0 Å². The maximum absolute atomic E-state index is 13.1. The molecule has 11 heteroatoms. The van der Waals surface area contributed by atoms with Gasteiger partial charge in [-0.05, 0) is 39.8 Å². The summed E-state index contributed by atoms with van der Waals surface area (Å²) in [6.07, 6.45) is 0. The normalized spacial score (nSPS) is 14.9. The van der Waals surface area contributed by atoms with Crippen LogP contribution in [-0.2, 0) is 26.1 Å². The highest BCUT2D eigenvalue weighted by Gasteiger charge is 2.32. The fourth-order valence-corrected chi connectivity index (χ4v) is 5.37. The van der Waals surface area contributed by atoms with Crippen molar-refractivity contribution < 1.29 is 27.4 Å². The highest BCUT2D eigenvalue weighted by molar-refractivity contribution is 7.89. The first-order valence-corrected chi connectivity index (χ1v) is 12.0. The number of nitrogens with one attached hydrogen (secondary N) is 1. The van der Waals surface area contributed by atoms with Gasteiger partial charge >= 0.3 is 0 Å². The standard InChI is InChI=1S/C21H30N4O6S/c1-5-30-17-7-8-19(31-6-2)18(13-17)22-20(26)14-25-16(4)21(15(3)23-25)32(27,28)24-9-11-29-12-10-24/h7-8,13H,5-6,9-12,14H2,1-4H3,(H,22,26). The number of nitrogens with zero attached hydrogens (tertiary/aromatic N) is 3. The van der Waals surface area contributed by atoms with Crippen LogP contribution in [0.2, 0.25) is 0 Å². The van der Waals surface area contributed by atoms with Gasteiger partial charge in [0.1, 0.15) is 22.9 Å². The summed E-state index contributed by atoms with van der Waals surface area (Å²) >= 11 is 0. The van der Waals surface area contributed by atoms with Gasteiger partial charge in [0.05, 0.1) is 43.5 Å². The van der Waals surface area contributed by atoms with E-state index in [0.29, 0.717) is 68.1 Å². The maximum atomic E-state index is 13.1. The van der Waals surface area contributed by atoms with Crippen LogP contribution in [0.5, 0.6) is 11.5 Å². The van der Waals surface area contributed by atoms with Crippen molar-refractivity contribution >= 4 is 21.6 Å². The molecule has 2 heterocycles. The SMILES string of the molecule is CCOc1ccc(OCC)c(NC(=O)Cn2nc(C)c(S(=O)(=O)N3CCOCC3)c2C)c1. The molecule has 1 aliphatic heterocycles. The van der Waals surface area contributed by atoms with Gasteiger partial charge in [-0.2, -0.15) is 9.40 Å². The smallest absolute Gasteiger partial charge is 0.246 e. The molecule has 1 amide bonds. The van der Waals surface area contributed by atoms with E-state index in [0.717, 1.165) is 0 Å². The molecule has 2 aromatic rings. The van der Waals surface area contributed by atoms with E-state index in [1.807, 2.05) is 13.8 Å². The largest absolute Gasteiger partial charge is 0.494 e. The minimum absolute atomic E-state index is 0.139. The van der Waals surface area contributed by atoms with Gasteiger partial charge in [-0.1, -0.05) is 0 Å². The van der Waals surface area contributed by atoms with E-state index in [4.69, 9.17) is 14.2 Å². The molecule has 0 radical (unpaired) electrons. The van der Waals surface area contributed by atoms with Crippen molar-refractivity contribution in [3.8, 4) is 11.5 Å². The monoisotopic (exact) mass is 466 g/mol. The molecule has 32 heavy (non-hydrogen) atoms. The molecular weight excluding hydrogens is 436 g/mol. The summed E-state index contributed by atoms with van der Waals surface area (Å²) in [5.74, 6) is 0.769. The number of hydrogen-bond acceptors (Lipinski definition) is 7. The van der Waals surface area contributed by atoms with Crippen molar-refractivity contribution in [2.75, 3.05) is 44.8 Å². The molecule has 1 aromatic carbocycles. The van der Waals surface area contributed by atoms with Gasteiger partial charge < -0.3 is 19.5 Å². The van der Waals surface area contributed by atoms with Gasteiger partial charge in [0.15, 0.2) is 0 Å². The van der Waals surface area contributed by atoms with E-state index in [-0.39, 0.29) is 17.3 Å².